The minimum absolute atomic E-state index is 0.0109. The number of anilines is 1. The van der Waals surface area contributed by atoms with Crippen LogP contribution in [0, 0.1) is 0 Å². The molecular weight excluding hydrogens is 594 g/mol. The standard InChI is InChI=1S/C31H38ClN3O5S2/c1-6-22(3)33-31(37)23(4)34(20-24-12-8-9-13-27(24)32)30(36)21-35(28-14-10-11-15-29(28)40-7-2)42(38,39)26-18-16-25(41-5)17-19-26/h8-19,22-23H,6-7,20-21H2,1-5H3,(H,33,37)/t22-,23-/m1/s1. The van der Waals surface area contributed by atoms with Crippen molar-refractivity contribution in [2.24, 2.45) is 0 Å². The van der Waals surface area contributed by atoms with Gasteiger partial charge in [0.1, 0.15) is 18.3 Å². The Labute approximate surface area is 258 Å². The van der Waals surface area contributed by atoms with Crippen molar-refractivity contribution in [2.45, 2.75) is 62.5 Å². The number of thioether (sulfide) groups is 1. The van der Waals surface area contributed by atoms with Crippen molar-refractivity contribution in [1.29, 1.82) is 0 Å². The molecule has 1 N–H and O–H groups in total. The molecule has 0 aliphatic heterocycles. The molecule has 0 aliphatic carbocycles. The monoisotopic (exact) mass is 631 g/mol. The summed E-state index contributed by atoms with van der Waals surface area (Å²) in [5.41, 5.74) is 0.850. The van der Waals surface area contributed by atoms with Crippen LogP contribution in [0.4, 0.5) is 5.69 Å². The molecule has 0 bridgehead atoms. The van der Waals surface area contributed by atoms with Gasteiger partial charge in [-0.25, -0.2) is 8.42 Å². The van der Waals surface area contributed by atoms with E-state index >= 15 is 0 Å². The predicted octanol–water partition coefficient (Wildman–Crippen LogP) is 5.99. The quantitative estimate of drug-likeness (QED) is 0.220. The normalized spacial score (nSPS) is 12.7. The molecule has 11 heteroatoms. The van der Waals surface area contributed by atoms with Gasteiger partial charge in [-0.3, -0.25) is 13.9 Å². The molecule has 226 valence electrons. The van der Waals surface area contributed by atoms with Crippen molar-refractivity contribution in [3.63, 3.8) is 0 Å². The lowest BCUT2D eigenvalue weighted by molar-refractivity contribution is -0.139. The number of hydrogen-bond acceptors (Lipinski definition) is 6. The third-order valence-corrected chi connectivity index (χ3v) is 9.71. The van der Waals surface area contributed by atoms with Gasteiger partial charge >= 0.3 is 0 Å². The van der Waals surface area contributed by atoms with Crippen LogP contribution in [0.15, 0.2) is 82.6 Å². The molecule has 0 radical (unpaired) electrons. The molecule has 3 aromatic carbocycles. The van der Waals surface area contributed by atoms with E-state index in [1.165, 1.54) is 28.8 Å². The highest BCUT2D eigenvalue weighted by Crippen LogP contribution is 2.33. The maximum absolute atomic E-state index is 14.1. The molecule has 0 saturated carbocycles. The Hall–Kier alpha value is -3.21. The van der Waals surface area contributed by atoms with Gasteiger partial charge in [-0.05, 0) is 81.5 Å². The number of nitrogens with zero attached hydrogens (tertiary/aromatic N) is 2. The fourth-order valence-electron chi connectivity index (χ4n) is 4.19. The van der Waals surface area contributed by atoms with E-state index in [0.717, 1.165) is 9.20 Å². The van der Waals surface area contributed by atoms with E-state index in [9.17, 15) is 18.0 Å². The minimum Gasteiger partial charge on any atom is -0.492 e. The lowest BCUT2D eigenvalue weighted by Crippen LogP contribution is -2.52. The van der Waals surface area contributed by atoms with Crippen molar-refractivity contribution in [1.82, 2.24) is 10.2 Å². The maximum Gasteiger partial charge on any atom is 0.264 e. The molecule has 42 heavy (non-hydrogen) atoms. The van der Waals surface area contributed by atoms with Gasteiger partial charge < -0.3 is 15.0 Å². The van der Waals surface area contributed by atoms with Crippen molar-refractivity contribution in [3.05, 3.63) is 83.4 Å². The predicted molar refractivity (Wildman–Crippen MR) is 170 cm³/mol. The lowest BCUT2D eigenvalue weighted by Gasteiger charge is -2.33. The van der Waals surface area contributed by atoms with Crippen molar-refractivity contribution in [3.8, 4) is 5.75 Å². The van der Waals surface area contributed by atoms with E-state index in [0.29, 0.717) is 29.4 Å². The van der Waals surface area contributed by atoms with Gasteiger partial charge in [-0.15, -0.1) is 11.8 Å². The van der Waals surface area contributed by atoms with E-state index in [2.05, 4.69) is 5.32 Å². The van der Waals surface area contributed by atoms with E-state index < -0.39 is 28.5 Å². The summed E-state index contributed by atoms with van der Waals surface area (Å²) >= 11 is 7.93. The Kier molecular flexibility index (Phi) is 12.1. The number of carbonyl (C=O) groups excluding carboxylic acids is 2. The molecular formula is C31H38ClN3O5S2. The van der Waals surface area contributed by atoms with E-state index in [4.69, 9.17) is 16.3 Å². The second kappa shape index (κ2) is 15.3. The van der Waals surface area contributed by atoms with Crippen LogP contribution in [0.2, 0.25) is 5.02 Å². The van der Waals surface area contributed by atoms with E-state index in [1.54, 1.807) is 74.5 Å². The van der Waals surface area contributed by atoms with Gasteiger partial charge in [-0.2, -0.15) is 0 Å². The zero-order valence-electron chi connectivity index (χ0n) is 24.5. The molecule has 0 unspecified atom stereocenters. The number of para-hydroxylation sites is 2. The number of amides is 2. The van der Waals surface area contributed by atoms with Gasteiger partial charge in [0.2, 0.25) is 11.8 Å². The summed E-state index contributed by atoms with van der Waals surface area (Å²) < 4.78 is 35.1. The number of hydrogen-bond donors (Lipinski definition) is 1. The third kappa shape index (κ3) is 8.20. The summed E-state index contributed by atoms with van der Waals surface area (Å²) in [6.07, 6.45) is 2.62. The van der Waals surface area contributed by atoms with Crippen molar-refractivity contribution < 1.29 is 22.7 Å². The number of benzene rings is 3. The first kappa shape index (κ1) is 33.3. The molecule has 0 spiro atoms. The highest BCUT2D eigenvalue weighted by Gasteiger charge is 2.34. The van der Waals surface area contributed by atoms with Gasteiger partial charge in [-0.1, -0.05) is 48.9 Å². The summed E-state index contributed by atoms with van der Waals surface area (Å²) in [5.74, 6) is -0.601. The summed E-state index contributed by atoms with van der Waals surface area (Å²) in [4.78, 5) is 29.7. The van der Waals surface area contributed by atoms with Crippen LogP contribution in [-0.2, 0) is 26.2 Å². The van der Waals surface area contributed by atoms with Gasteiger partial charge in [0.25, 0.3) is 10.0 Å². The Balaban J connectivity index is 2.09. The maximum atomic E-state index is 14.1. The van der Waals surface area contributed by atoms with Gasteiger partial charge in [0, 0.05) is 22.5 Å². The first-order valence-corrected chi connectivity index (χ1v) is 16.8. The Morgan fingerprint density at radius 3 is 2.24 bits per heavy atom. The Morgan fingerprint density at radius 1 is 0.976 bits per heavy atom. The summed E-state index contributed by atoms with van der Waals surface area (Å²) in [5, 5.41) is 3.36. The molecule has 0 fully saturated rings. The first-order valence-electron chi connectivity index (χ1n) is 13.7. The van der Waals surface area contributed by atoms with Crippen LogP contribution < -0.4 is 14.4 Å². The second-order valence-corrected chi connectivity index (χ2v) is 12.8. The fourth-order valence-corrected chi connectivity index (χ4v) is 6.22. The van der Waals surface area contributed by atoms with Crippen LogP contribution in [0.25, 0.3) is 0 Å². The van der Waals surface area contributed by atoms with Crippen LogP contribution in [0.3, 0.4) is 0 Å². The molecule has 3 rings (SSSR count). The fraction of sp³-hybridized carbons (Fsp3) is 0.355. The van der Waals surface area contributed by atoms with Crippen LogP contribution in [0.5, 0.6) is 5.75 Å². The average Bonchev–Trinajstić information content (AvgIpc) is 2.99. The molecule has 0 saturated heterocycles. The van der Waals surface area contributed by atoms with Crippen LogP contribution in [-0.4, -0.2) is 56.6 Å². The minimum atomic E-state index is -4.23. The van der Waals surface area contributed by atoms with Gasteiger partial charge in [0.15, 0.2) is 0 Å². The molecule has 3 aromatic rings. The number of sulfonamides is 1. The lowest BCUT2D eigenvalue weighted by atomic mass is 10.1. The highest BCUT2D eigenvalue weighted by atomic mass is 35.5. The molecule has 2 amide bonds. The number of ether oxygens (including phenoxy) is 1. The molecule has 0 heterocycles. The van der Waals surface area contributed by atoms with E-state index in [1.807, 2.05) is 20.1 Å². The summed E-state index contributed by atoms with van der Waals surface area (Å²) in [6, 6.07) is 19.2. The summed E-state index contributed by atoms with van der Waals surface area (Å²) in [7, 11) is -4.23. The SMILES string of the molecule is CCOc1ccccc1N(CC(=O)N(Cc1ccccc1Cl)[C@H](C)C(=O)N[C@H](C)CC)S(=O)(=O)c1ccc(SC)cc1. The zero-order chi connectivity index (χ0) is 30.9. The largest absolute Gasteiger partial charge is 0.492 e. The zero-order valence-corrected chi connectivity index (χ0v) is 26.9. The van der Waals surface area contributed by atoms with Crippen LogP contribution >= 0.6 is 23.4 Å². The van der Waals surface area contributed by atoms with Crippen molar-refractivity contribution >= 4 is 50.9 Å². The van der Waals surface area contributed by atoms with Crippen LogP contribution in [0.1, 0.15) is 39.7 Å². The van der Waals surface area contributed by atoms with Crippen molar-refractivity contribution in [2.75, 3.05) is 23.7 Å². The number of nitrogens with one attached hydrogen (secondary N) is 1. The number of rotatable bonds is 14. The second-order valence-electron chi connectivity index (χ2n) is 9.69. The summed E-state index contributed by atoms with van der Waals surface area (Å²) in [6.45, 7) is 7.00. The smallest absolute Gasteiger partial charge is 0.264 e. The molecule has 8 nitrogen and oxygen atoms in total. The average molecular weight is 632 g/mol. The molecule has 0 aliphatic rings. The third-order valence-electron chi connectivity index (χ3n) is 6.83. The Bertz CT molecular complexity index is 1470. The number of carbonyl (C=O) groups is 2. The number of halogens is 1. The van der Waals surface area contributed by atoms with Gasteiger partial charge in [0.05, 0.1) is 17.2 Å². The Morgan fingerprint density at radius 2 is 1.62 bits per heavy atom. The molecule has 0 aromatic heterocycles. The van der Waals surface area contributed by atoms with E-state index in [-0.39, 0.29) is 29.1 Å². The molecule has 2 atom stereocenters. The highest BCUT2D eigenvalue weighted by molar-refractivity contribution is 7.98. The topological polar surface area (TPSA) is 96.0 Å². The first-order chi connectivity index (χ1) is 20.0.